The minimum Gasteiger partial charge on any atom is -0.464 e. The lowest BCUT2D eigenvalue weighted by molar-refractivity contribution is -0.145. The van der Waals surface area contributed by atoms with E-state index in [1.54, 1.807) is 20.8 Å². The molecule has 0 aromatic heterocycles. The zero-order valence-corrected chi connectivity index (χ0v) is 23.3. The topological polar surface area (TPSA) is 165 Å². The fraction of sp³-hybridized carbons (Fsp3) is 0.840. The molecule has 0 unspecified atom stereocenters. The molecule has 38 heavy (non-hydrogen) atoms. The SMILES string of the molecule is CCC(=O)OC[C@H]1CN[C@H](COC(C)=O)CN[C@@H](COC(=O)CC)CN[C@H](COC(=O)CC)CNCCN1. The van der Waals surface area contributed by atoms with E-state index in [-0.39, 0.29) is 80.9 Å². The second kappa shape index (κ2) is 20.6. The average molecular weight is 546 g/mol. The number of ether oxygens (including phenoxy) is 4. The summed E-state index contributed by atoms with van der Waals surface area (Å²) in [4.78, 5) is 46.7. The molecule has 5 N–H and O–H groups in total. The molecule has 1 saturated heterocycles. The van der Waals surface area contributed by atoms with Crippen LogP contribution in [0.4, 0.5) is 0 Å². The summed E-state index contributed by atoms with van der Waals surface area (Å²) in [5.41, 5.74) is 0. The van der Waals surface area contributed by atoms with E-state index in [9.17, 15) is 19.2 Å². The maximum atomic E-state index is 11.8. The number of carbonyl (C=O) groups is 4. The maximum absolute atomic E-state index is 11.8. The summed E-state index contributed by atoms with van der Waals surface area (Å²) in [6.07, 6.45) is 0.858. The molecule has 0 aliphatic carbocycles. The molecular formula is C25H47N5O8. The zero-order valence-electron chi connectivity index (χ0n) is 23.3. The van der Waals surface area contributed by atoms with Gasteiger partial charge in [0, 0.05) is 65.5 Å². The minimum atomic E-state index is -0.389. The van der Waals surface area contributed by atoms with Gasteiger partial charge in [-0.2, -0.15) is 0 Å². The summed E-state index contributed by atoms with van der Waals surface area (Å²) in [5, 5.41) is 16.9. The van der Waals surface area contributed by atoms with Crippen molar-refractivity contribution < 1.29 is 38.1 Å². The van der Waals surface area contributed by atoms with E-state index in [0.717, 1.165) is 0 Å². The zero-order chi connectivity index (χ0) is 28.2. The van der Waals surface area contributed by atoms with Gasteiger partial charge in [-0.3, -0.25) is 19.2 Å². The number of nitrogens with one attached hydrogen (secondary N) is 5. The smallest absolute Gasteiger partial charge is 0.305 e. The number of hydrogen-bond donors (Lipinski definition) is 5. The average Bonchev–Trinajstić information content (AvgIpc) is 2.92. The standard InChI is InChI=1S/C25H47N5O8/c1-5-23(32)36-15-19-10-26-8-9-27-20(16-37-24(33)6-2)11-29-21(14-35-18(4)31)12-30-22(13-28-19)17-38-25(34)7-3/h19-22,26-30H,5-17H2,1-4H3/t19-,20+,21-,22+/m0/s1. The Morgan fingerprint density at radius 2 is 0.921 bits per heavy atom. The summed E-state index contributed by atoms with van der Waals surface area (Å²) >= 11 is 0. The Bertz CT molecular complexity index is 711. The highest BCUT2D eigenvalue weighted by molar-refractivity contribution is 5.69. The van der Waals surface area contributed by atoms with Gasteiger partial charge in [0.25, 0.3) is 0 Å². The summed E-state index contributed by atoms with van der Waals surface area (Å²) in [7, 11) is 0. The Balaban J connectivity index is 2.97. The van der Waals surface area contributed by atoms with Crippen molar-refractivity contribution in [1.82, 2.24) is 26.6 Å². The highest BCUT2D eigenvalue weighted by atomic mass is 16.5. The van der Waals surface area contributed by atoms with Gasteiger partial charge in [-0.1, -0.05) is 20.8 Å². The highest BCUT2D eigenvalue weighted by Gasteiger charge is 2.20. The van der Waals surface area contributed by atoms with Crippen LogP contribution < -0.4 is 26.6 Å². The molecule has 0 spiro atoms. The lowest BCUT2D eigenvalue weighted by Crippen LogP contribution is -2.53. The summed E-state index contributed by atoms with van der Waals surface area (Å²) in [5.74, 6) is -1.25. The van der Waals surface area contributed by atoms with Crippen LogP contribution in [0.1, 0.15) is 47.0 Å². The monoisotopic (exact) mass is 545 g/mol. The molecule has 0 radical (unpaired) electrons. The lowest BCUT2D eigenvalue weighted by atomic mass is 10.2. The van der Waals surface area contributed by atoms with Crippen LogP contribution in [0.2, 0.25) is 0 Å². The van der Waals surface area contributed by atoms with Crippen LogP contribution in [0.15, 0.2) is 0 Å². The summed E-state index contributed by atoms with van der Waals surface area (Å²) in [6, 6.07) is -0.837. The number of hydrogen-bond acceptors (Lipinski definition) is 13. The molecule has 4 atom stereocenters. The van der Waals surface area contributed by atoms with E-state index in [0.29, 0.717) is 52.1 Å². The fourth-order valence-electron chi connectivity index (χ4n) is 3.43. The Morgan fingerprint density at radius 3 is 1.32 bits per heavy atom. The van der Waals surface area contributed by atoms with Crippen molar-refractivity contribution in [3.8, 4) is 0 Å². The van der Waals surface area contributed by atoms with Crippen LogP contribution in [-0.4, -0.2) is 114 Å². The van der Waals surface area contributed by atoms with Crippen LogP contribution in [0.5, 0.6) is 0 Å². The van der Waals surface area contributed by atoms with Crippen LogP contribution >= 0.6 is 0 Å². The first-order valence-electron chi connectivity index (χ1n) is 13.5. The van der Waals surface area contributed by atoms with E-state index in [4.69, 9.17) is 18.9 Å². The molecule has 1 rings (SSSR count). The van der Waals surface area contributed by atoms with Crippen molar-refractivity contribution in [2.24, 2.45) is 0 Å². The first kappa shape index (κ1) is 33.7. The number of rotatable bonds is 11. The van der Waals surface area contributed by atoms with E-state index < -0.39 is 0 Å². The van der Waals surface area contributed by atoms with Crippen molar-refractivity contribution >= 4 is 23.9 Å². The second-order valence-electron chi connectivity index (χ2n) is 9.08. The molecule has 0 saturated carbocycles. The first-order chi connectivity index (χ1) is 18.3. The predicted octanol–water partition coefficient (Wildman–Crippen LogP) is -1.15. The maximum Gasteiger partial charge on any atom is 0.305 e. The second-order valence-corrected chi connectivity index (χ2v) is 9.08. The van der Waals surface area contributed by atoms with E-state index in [1.165, 1.54) is 6.92 Å². The number of carbonyl (C=O) groups excluding carboxylic acids is 4. The van der Waals surface area contributed by atoms with Crippen molar-refractivity contribution in [2.75, 3.05) is 65.7 Å². The van der Waals surface area contributed by atoms with Gasteiger partial charge >= 0.3 is 23.9 Å². The quantitative estimate of drug-likeness (QED) is 0.156. The van der Waals surface area contributed by atoms with Gasteiger partial charge in [-0.05, 0) is 0 Å². The van der Waals surface area contributed by atoms with E-state index in [2.05, 4.69) is 26.6 Å². The first-order valence-corrected chi connectivity index (χ1v) is 13.5. The van der Waals surface area contributed by atoms with E-state index in [1.807, 2.05) is 0 Å². The van der Waals surface area contributed by atoms with Gasteiger partial charge in [0.1, 0.15) is 26.4 Å². The molecule has 1 heterocycles. The minimum absolute atomic E-state index is 0.135. The van der Waals surface area contributed by atoms with Gasteiger partial charge < -0.3 is 45.5 Å². The summed E-state index contributed by atoms with van der Waals surface area (Å²) < 4.78 is 21.3. The van der Waals surface area contributed by atoms with Crippen LogP contribution in [-0.2, 0) is 38.1 Å². The molecule has 13 heteroatoms. The fourth-order valence-corrected chi connectivity index (χ4v) is 3.43. The molecule has 13 nitrogen and oxygen atoms in total. The van der Waals surface area contributed by atoms with Gasteiger partial charge in [0.15, 0.2) is 0 Å². The Morgan fingerprint density at radius 1 is 0.553 bits per heavy atom. The molecule has 220 valence electrons. The highest BCUT2D eigenvalue weighted by Crippen LogP contribution is 1.97. The molecule has 0 aromatic carbocycles. The number of esters is 4. The van der Waals surface area contributed by atoms with Crippen molar-refractivity contribution in [1.29, 1.82) is 0 Å². The van der Waals surface area contributed by atoms with Gasteiger partial charge in [-0.25, -0.2) is 0 Å². The normalized spacial score (nSPS) is 23.8. The molecule has 1 aliphatic heterocycles. The summed E-state index contributed by atoms with van der Waals surface area (Å²) in [6.45, 7) is 10.3. The van der Waals surface area contributed by atoms with Crippen molar-refractivity contribution in [3.63, 3.8) is 0 Å². The third kappa shape index (κ3) is 16.5. The lowest BCUT2D eigenvalue weighted by Gasteiger charge is -2.27. The molecule has 0 amide bonds. The Kier molecular flexibility index (Phi) is 18.3. The molecule has 1 aliphatic rings. The van der Waals surface area contributed by atoms with Gasteiger partial charge in [-0.15, -0.1) is 0 Å². The van der Waals surface area contributed by atoms with Crippen molar-refractivity contribution in [2.45, 2.75) is 71.1 Å². The molecule has 1 fully saturated rings. The van der Waals surface area contributed by atoms with Crippen LogP contribution in [0.3, 0.4) is 0 Å². The molecular weight excluding hydrogens is 498 g/mol. The largest absolute Gasteiger partial charge is 0.464 e. The van der Waals surface area contributed by atoms with E-state index >= 15 is 0 Å². The Labute approximate surface area is 225 Å². The third-order valence-corrected chi connectivity index (χ3v) is 5.77. The van der Waals surface area contributed by atoms with Crippen LogP contribution in [0.25, 0.3) is 0 Å². The van der Waals surface area contributed by atoms with Crippen LogP contribution in [0, 0.1) is 0 Å². The van der Waals surface area contributed by atoms with Crippen molar-refractivity contribution in [3.05, 3.63) is 0 Å². The Hall–Kier alpha value is -2.32. The van der Waals surface area contributed by atoms with Gasteiger partial charge in [0.05, 0.1) is 24.2 Å². The molecule has 0 bridgehead atoms. The molecule has 0 aromatic rings. The van der Waals surface area contributed by atoms with Gasteiger partial charge in [0.2, 0.25) is 0 Å². The predicted molar refractivity (Wildman–Crippen MR) is 140 cm³/mol. The third-order valence-electron chi connectivity index (χ3n) is 5.77.